The van der Waals surface area contributed by atoms with Crippen LogP contribution in [-0.2, 0) is 4.79 Å². The van der Waals surface area contributed by atoms with Crippen LogP contribution in [0.5, 0.6) is 0 Å². The van der Waals surface area contributed by atoms with Crippen molar-refractivity contribution < 1.29 is 4.79 Å². The largest absolute Gasteiger partial charge is 0.299 e. The molecule has 1 aromatic carbocycles. The predicted octanol–water partition coefficient (Wildman–Crippen LogP) is 3.43. The summed E-state index contributed by atoms with van der Waals surface area (Å²) in [6.07, 6.45) is 5.00. The van der Waals surface area contributed by atoms with E-state index in [0.717, 1.165) is 30.5 Å². The van der Waals surface area contributed by atoms with Crippen molar-refractivity contribution >= 4 is 11.6 Å². The van der Waals surface area contributed by atoms with E-state index in [1.165, 1.54) is 0 Å². The first-order valence-electron chi connectivity index (χ1n) is 6.12. The summed E-state index contributed by atoms with van der Waals surface area (Å²) in [5, 5.41) is 0. The molecule has 0 unspecified atom stereocenters. The van der Waals surface area contributed by atoms with Gasteiger partial charge in [0.2, 0.25) is 5.91 Å². The van der Waals surface area contributed by atoms with Gasteiger partial charge >= 0.3 is 0 Å². The van der Waals surface area contributed by atoms with Crippen molar-refractivity contribution in [1.82, 2.24) is 5.43 Å². The quantitative estimate of drug-likeness (QED) is 0.418. The molecule has 1 amide bonds. The van der Waals surface area contributed by atoms with Crippen molar-refractivity contribution in [2.75, 3.05) is 5.43 Å². The Morgan fingerprint density at radius 3 is 2.50 bits per heavy atom. The molecule has 0 spiro atoms. The zero-order valence-electron chi connectivity index (χ0n) is 10.6. The topological polar surface area (TPSA) is 41.1 Å². The Bertz CT molecular complexity index is 398. The lowest BCUT2D eigenvalue weighted by Crippen LogP contribution is -2.28. The number of amides is 1. The predicted molar refractivity (Wildman–Crippen MR) is 76.0 cm³/mol. The smallest absolute Gasteiger partial charge is 0.238 e. The summed E-state index contributed by atoms with van der Waals surface area (Å²) >= 11 is 0. The molecular formula is C15H20N2O. The van der Waals surface area contributed by atoms with E-state index < -0.39 is 0 Å². The zero-order valence-corrected chi connectivity index (χ0v) is 10.6. The molecule has 3 heteroatoms. The molecule has 0 aliphatic carbocycles. The van der Waals surface area contributed by atoms with Crippen molar-refractivity contribution in [2.45, 2.75) is 25.7 Å². The van der Waals surface area contributed by atoms with Gasteiger partial charge in [-0.15, -0.1) is 0 Å². The molecule has 0 saturated carbocycles. The maximum Gasteiger partial charge on any atom is 0.238 e. The lowest BCUT2D eigenvalue weighted by molar-refractivity contribution is -0.120. The SMILES string of the molecule is C=CC(=C)CCCCC(=O)NNc1ccccc1. The molecule has 1 rings (SSSR count). The van der Waals surface area contributed by atoms with Crippen molar-refractivity contribution in [3.05, 3.63) is 55.1 Å². The van der Waals surface area contributed by atoms with Gasteiger partial charge in [-0.1, -0.05) is 43.0 Å². The summed E-state index contributed by atoms with van der Waals surface area (Å²) in [6, 6.07) is 9.55. The second-order valence-corrected chi connectivity index (χ2v) is 4.11. The van der Waals surface area contributed by atoms with Crippen LogP contribution in [-0.4, -0.2) is 5.91 Å². The van der Waals surface area contributed by atoms with E-state index in [1.807, 2.05) is 30.3 Å². The van der Waals surface area contributed by atoms with E-state index >= 15 is 0 Å². The molecular weight excluding hydrogens is 224 g/mol. The van der Waals surface area contributed by atoms with E-state index in [9.17, 15) is 4.79 Å². The molecule has 0 heterocycles. The van der Waals surface area contributed by atoms with E-state index in [4.69, 9.17) is 0 Å². The van der Waals surface area contributed by atoms with Crippen LogP contribution in [0.4, 0.5) is 5.69 Å². The number of nitrogens with one attached hydrogen (secondary N) is 2. The van der Waals surface area contributed by atoms with Gasteiger partial charge in [0.05, 0.1) is 5.69 Å². The fraction of sp³-hybridized carbons (Fsp3) is 0.267. The summed E-state index contributed by atoms with van der Waals surface area (Å²) < 4.78 is 0. The number of unbranched alkanes of at least 4 members (excludes halogenated alkanes) is 1. The number of hydrogen-bond donors (Lipinski definition) is 2. The fourth-order valence-electron chi connectivity index (χ4n) is 1.47. The lowest BCUT2D eigenvalue weighted by atomic mass is 10.1. The van der Waals surface area contributed by atoms with Gasteiger partial charge in [0.25, 0.3) is 0 Å². The van der Waals surface area contributed by atoms with Gasteiger partial charge in [-0.05, 0) is 31.4 Å². The Kier molecular flexibility index (Phi) is 6.33. The minimum absolute atomic E-state index is 0.00284. The number of hydrogen-bond acceptors (Lipinski definition) is 2. The maximum absolute atomic E-state index is 11.5. The highest BCUT2D eigenvalue weighted by molar-refractivity contribution is 5.77. The average Bonchev–Trinajstić information content (AvgIpc) is 2.42. The van der Waals surface area contributed by atoms with E-state index in [-0.39, 0.29) is 5.91 Å². The summed E-state index contributed by atoms with van der Waals surface area (Å²) in [6.45, 7) is 7.48. The van der Waals surface area contributed by atoms with Gasteiger partial charge in [0.15, 0.2) is 0 Å². The van der Waals surface area contributed by atoms with Crippen LogP contribution >= 0.6 is 0 Å². The number of anilines is 1. The van der Waals surface area contributed by atoms with Gasteiger partial charge in [-0.25, -0.2) is 0 Å². The van der Waals surface area contributed by atoms with Crippen LogP contribution in [0.3, 0.4) is 0 Å². The van der Waals surface area contributed by atoms with Crippen LogP contribution in [0.2, 0.25) is 0 Å². The van der Waals surface area contributed by atoms with Gasteiger partial charge < -0.3 is 0 Å². The molecule has 0 atom stereocenters. The Balaban J connectivity index is 2.11. The molecule has 0 radical (unpaired) electrons. The average molecular weight is 244 g/mol. The Morgan fingerprint density at radius 1 is 1.17 bits per heavy atom. The van der Waals surface area contributed by atoms with Gasteiger partial charge in [-0.2, -0.15) is 0 Å². The Hall–Kier alpha value is -2.03. The molecule has 0 fully saturated rings. The fourth-order valence-corrected chi connectivity index (χ4v) is 1.47. The third kappa shape index (κ3) is 5.89. The number of para-hydroxylation sites is 1. The molecule has 0 saturated heterocycles. The maximum atomic E-state index is 11.5. The summed E-state index contributed by atoms with van der Waals surface area (Å²) in [5.74, 6) is 0.00284. The molecule has 96 valence electrons. The summed E-state index contributed by atoms with van der Waals surface area (Å²) in [5.41, 5.74) is 7.45. The molecule has 3 nitrogen and oxygen atoms in total. The first kappa shape index (κ1) is 14.0. The second kappa shape index (κ2) is 8.12. The van der Waals surface area contributed by atoms with E-state index in [1.54, 1.807) is 6.08 Å². The van der Waals surface area contributed by atoms with Crippen molar-refractivity contribution in [2.24, 2.45) is 0 Å². The van der Waals surface area contributed by atoms with Crippen molar-refractivity contribution in [3.8, 4) is 0 Å². The minimum atomic E-state index is 0.00284. The molecule has 0 aromatic heterocycles. The van der Waals surface area contributed by atoms with E-state index in [2.05, 4.69) is 24.0 Å². The number of hydrazine groups is 1. The van der Waals surface area contributed by atoms with Gasteiger partial charge in [0, 0.05) is 6.42 Å². The first-order chi connectivity index (χ1) is 8.72. The number of benzene rings is 1. The zero-order chi connectivity index (χ0) is 13.2. The summed E-state index contributed by atoms with van der Waals surface area (Å²) in [4.78, 5) is 11.5. The summed E-state index contributed by atoms with van der Waals surface area (Å²) in [7, 11) is 0. The van der Waals surface area contributed by atoms with Gasteiger partial charge in [0.1, 0.15) is 0 Å². The van der Waals surface area contributed by atoms with Crippen molar-refractivity contribution in [1.29, 1.82) is 0 Å². The Morgan fingerprint density at radius 2 is 1.83 bits per heavy atom. The molecule has 0 aliphatic heterocycles. The minimum Gasteiger partial charge on any atom is -0.299 e. The highest BCUT2D eigenvalue weighted by atomic mass is 16.2. The standard InChI is InChI=1S/C15H20N2O/c1-3-13(2)9-7-8-12-15(18)17-16-14-10-5-4-6-11-14/h3-6,10-11,16H,1-2,7-9,12H2,(H,17,18). The van der Waals surface area contributed by atoms with E-state index in [0.29, 0.717) is 6.42 Å². The normalized spacial score (nSPS) is 9.56. The first-order valence-corrected chi connectivity index (χ1v) is 6.12. The molecule has 2 N–H and O–H groups in total. The van der Waals surface area contributed by atoms with Crippen LogP contribution < -0.4 is 10.9 Å². The van der Waals surface area contributed by atoms with Crippen molar-refractivity contribution in [3.63, 3.8) is 0 Å². The highest BCUT2D eigenvalue weighted by Gasteiger charge is 2.00. The van der Waals surface area contributed by atoms with Crippen LogP contribution in [0, 0.1) is 0 Å². The number of carbonyl (C=O) groups is 1. The molecule has 18 heavy (non-hydrogen) atoms. The van der Waals surface area contributed by atoms with Crippen LogP contribution in [0.25, 0.3) is 0 Å². The number of carbonyl (C=O) groups excluding carboxylic acids is 1. The second-order valence-electron chi connectivity index (χ2n) is 4.11. The van der Waals surface area contributed by atoms with Crippen LogP contribution in [0.1, 0.15) is 25.7 Å². The monoisotopic (exact) mass is 244 g/mol. The molecule has 0 aliphatic rings. The molecule has 0 bridgehead atoms. The highest BCUT2D eigenvalue weighted by Crippen LogP contribution is 2.08. The van der Waals surface area contributed by atoms with Gasteiger partial charge in [-0.3, -0.25) is 15.6 Å². The number of rotatable bonds is 8. The Labute approximate surface area is 109 Å². The lowest BCUT2D eigenvalue weighted by Gasteiger charge is -2.08. The number of allylic oxidation sites excluding steroid dienone is 2. The third-order valence-corrected chi connectivity index (χ3v) is 2.56. The third-order valence-electron chi connectivity index (χ3n) is 2.56. The molecule has 1 aromatic rings. The van der Waals surface area contributed by atoms with Crippen LogP contribution in [0.15, 0.2) is 55.1 Å².